The molecule has 0 spiro atoms. The maximum atomic E-state index is 13.2. The SMILES string of the molecule is CCc1cc([C](=O)[GeH3])c(C(=O)c2ccc(OC)cc2)c(CC)c1OC. The Balaban J connectivity index is 2.72. The molecule has 0 atom stereocenters. The molecule has 0 saturated carbocycles. The Morgan fingerprint density at radius 1 is 1.00 bits per heavy atom. The molecule has 0 aromatic heterocycles. The molecule has 0 aliphatic carbocycles. The molecule has 5 heteroatoms. The normalized spacial score (nSPS) is 10.6. The average molecular weight is 401 g/mol. The van der Waals surface area contributed by atoms with E-state index in [0.717, 1.165) is 23.3 Å². The van der Waals surface area contributed by atoms with Crippen LogP contribution in [0, 0.1) is 0 Å². The molecule has 25 heavy (non-hydrogen) atoms. The van der Waals surface area contributed by atoms with Crippen molar-refractivity contribution in [3.8, 4) is 11.5 Å². The zero-order valence-electron chi connectivity index (χ0n) is 15.4. The summed E-state index contributed by atoms with van der Waals surface area (Å²) in [4.78, 5) is 25.5. The van der Waals surface area contributed by atoms with Crippen molar-refractivity contribution in [1.82, 2.24) is 0 Å². The molecule has 0 bridgehead atoms. The first kappa shape index (κ1) is 19.3. The van der Waals surface area contributed by atoms with Gasteiger partial charge in [0.2, 0.25) is 0 Å². The zero-order chi connectivity index (χ0) is 18.6. The topological polar surface area (TPSA) is 52.6 Å². The standard InChI is InChI=1S/C20H24GeO4/c1-5-12-11-16(20(21)23)17(15(6-2)19(12)25-4)18(22)13-7-9-14(24-3)10-8-13/h7-11H,5-6H2,1-4,21H3. The Bertz CT molecular complexity index is 794. The second-order valence-electron chi connectivity index (χ2n) is 5.79. The van der Waals surface area contributed by atoms with Gasteiger partial charge in [-0.25, -0.2) is 0 Å². The molecule has 0 fully saturated rings. The summed E-state index contributed by atoms with van der Waals surface area (Å²) in [7, 11) is 3.20. The van der Waals surface area contributed by atoms with E-state index in [9.17, 15) is 9.59 Å². The maximum absolute atomic E-state index is 13.2. The molecule has 2 aromatic rings. The molecule has 0 N–H and O–H groups in total. The first-order chi connectivity index (χ1) is 12.0. The van der Waals surface area contributed by atoms with E-state index in [2.05, 4.69) is 0 Å². The van der Waals surface area contributed by atoms with E-state index in [-0.39, 0.29) is 26.9 Å². The molecule has 0 unspecified atom stereocenters. The van der Waals surface area contributed by atoms with Gasteiger partial charge in [-0.05, 0) is 0 Å². The van der Waals surface area contributed by atoms with Crippen LogP contribution in [0.5, 0.6) is 11.5 Å². The van der Waals surface area contributed by atoms with Crippen LogP contribution in [0.3, 0.4) is 0 Å². The second kappa shape index (κ2) is 8.34. The zero-order valence-corrected chi connectivity index (χ0v) is 19.6. The number of hydrogen-bond acceptors (Lipinski definition) is 4. The van der Waals surface area contributed by atoms with E-state index in [0.29, 0.717) is 28.9 Å². The van der Waals surface area contributed by atoms with Crippen LogP contribution in [0.4, 0.5) is 0 Å². The fourth-order valence-electron chi connectivity index (χ4n) is 3.06. The minimum atomic E-state index is -0.145. The van der Waals surface area contributed by atoms with Crippen LogP contribution in [-0.4, -0.2) is 41.1 Å². The Morgan fingerprint density at radius 3 is 2.08 bits per heavy atom. The summed E-state index contributed by atoms with van der Waals surface area (Å²) >= 11 is -0.0352. The van der Waals surface area contributed by atoms with E-state index in [4.69, 9.17) is 9.47 Å². The van der Waals surface area contributed by atoms with Crippen molar-refractivity contribution < 1.29 is 19.1 Å². The van der Waals surface area contributed by atoms with Crippen LogP contribution in [0.2, 0.25) is 0 Å². The summed E-state index contributed by atoms with van der Waals surface area (Å²) in [6, 6.07) is 8.80. The van der Waals surface area contributed by atoms with Crippen molar-refractivity contribution in [2.24, 2.45) is 0 Å². The molecule has 4 nitrogen and oxygen atoms in total. The van der Waals surface area contributed by atoms with Crippen LogP contribution < -0.4 is 9.47 Å². The molecule has 0 saturated heterocycles. The summed E-state index contributed by atoms with van der Waals surface area (Å²) in [6.07, 6.45) is 1.38. The predicted molar refractivity (Wildman–Crippen MR) is 102 cm³/mol. The minimum absolute atomic E-state index is 0.0352. The number of rotatable bonds is 7. The van der Waals surface area contributed by atoms with Gasteiger partial charge in [-0.2, -0.15) is 0 Å². The third-order valence-corrected chi connectivity index (χ3v) is 5.48. The van der Waals surface area contributed by atoms with Crippen molar-refractivity contribution in [2.75, 3.05) is 14.2 Å². The average Bonchev–Trinajstić information content (AvgIpc) is 2.65. The van der Waals surface area contributed by atoms with Crippen molar-refractivity contribution in [1.29, 1.82) is 0 Å². The number of aryl methyl sites for hydroxylation is 1. The fraction of sp³-hybridized carbons (Fsp3) is 0.300. The summed E-state index contributed by atoms with van der Waals surface area (Å²) in [5.41, 5.74) is 3.35. The number of carbonyl (C=O) groups is 2. The van der Waals surface area contributed by atoms with Gasteiger partial charge in [-0.3, -0.25) is 0 Å². The third kappa shape index (κ3) is 3.79. The van der Waals surface area contributed by atoms with E-state index in [1.54, 1.807) is 38.5 Å². The monoisotopic (exact) mass is 402 g/mol. The van der Waals surface area contributed by atoms with E-state index < -0.39 is 0 Å². The van der Waals surface area contributed by atoms with Crippen molar-refractivity contribution in [3.63, 3.8) is 0 Å². The van der Waals surface area contributed by atoms with E-state index in [1.807, 2.05) is 19.9 Å². The molecule has 2 rings (SSSR count). The Morgan fingerprint density at radius 2 is 1.64 bits per heavy atom. The summed E-state index contributed by atoms with van der Waals surface area (Å²) < 4.78 is 10.8. The number of benzene rings is 2. The van der Waals surface area contributed by atoms with Crippen LogP contribution >= 0.6 is 0 Å². The van der Waals surface area contributed by atoms with E-state index in [1.165, 1.54) is 0 Å². The van der Waals surface area contributed by atoms with Crippen molar-refractivity contribution in [2.45, 2.75) is 26.7 Å². The number of ketones is 1. The molecule has 2 aromatic carbocycles. The summed E-state index contributed by atoms with van der Waals surface area (Å²) in [5, 5.41) is 0. The molecule has 0 radical (unpaired) electrons. The van der Waals surface area contributed by atoms with Gasteiger partial charge in [0.05, 0.1) is 0 Å². The van der Waals surface area contributed by atoms with Gasteiger partial charge in [0.1, 0.15) is 0 Å². The van der Waals surface area contributed by atoms with Crippen LogP contribution in [0.1, 0.15) is 51.3 Å². The van der Waals surface area contributed by atoms with Crippen LogP contribution in [0.15, 0.2) is 30.3 Å². The molecule has 0 amide bonds. The third-order valence-electron chi connectivity index (χ3n) is 4.35. The number of carbonyl (C=O) groups excluding carboxylic acids is 2. The molecule has 0 aliphatic rings. The van der Waals surface area contributed by atoms with Crippen LogP contribution in [0.25, 0.3) is 0 Å². The second-order valence-corrected chi connectivity index (χ2v) is 7.70. The predicted octanol–water partition coefficient (Wildman–Crippen LogP) is 2.57. The van der Waals surface area contributed by atoms with Gasteiger partial charge in [0.15, 0.2) is 0 Å². The number of hydrogen-bond donors (Lipinski definition) is 0. The van der Waals surface area contributed by atoms with Gasteiger partial charge >= 0.3 is 157 Å². The number of methoxy groups -OCH3 is 2. The molecular weight excluding hydrogens is 377 g/mol. The molecule has 0 heterocycles. The van der Waals surface area contributed by atoms with Gasteiger partial charge in [0, 0.05) is 0 Å². The summed E-state index contributed by atoms with van der Waals surface area (Å²) in [6.45, 7) is 4.00. The molecule has 0 aliphatic heterocycles. The van der Waals surface area contributed by atoms with Gasteiger partial charge in [0.25, 0.3) is 0 Å². The van der Waals surface area contributed by atoms with E-state index >= 15 is 0 Å². The number of ether oxygens (including phenoxy) is 2. The Labute approximate surface area is 156 Å². The Hall–Kier alpha value is -2.08. The van der Waals surface area contributed by atoms with Crippen molar-refractivity contribution >= 4 is 26.9 Å². The summed E-state index contributed by atoms with van der Waals surface area (Å²) in [5.74, 6) is 1.26. The van der Waals surface area contributed by atoms with Crippen LogP contribution in [-0.2, 0) is 12.8 Å². The first-order valence-corrected chi connectivity index (χ1v) is 10.5. The first-order valence-electron chi connectivity index (χ1n) is 8.40. The fourth-order valence-corrected chi connectivity index (χ4v) is 3.89. The molecular formula is C20H24GeO4. The van der Waals surface area contributed by atoms with Gasteiger partial charge in [-0.15, -0.1) is 0 Å². The van der Waals surface area contributed by atoms with Gasteiger partial charge in [-0.1, -0.05) is 0 Å². The van der Waals surface area contributed by atoms with Crippen molar-refractivity contribution in [3.05, 3.63) is 58.1 Å². The Kier molecular flexibility index (Phi) is 6.42. The molecule has 132 valence electrons. The van der Waals surface area contributed by atoms with Gasteiger partial charge < -0.3 is 0 Å². The quantitative estimate of drug-likeness (QED) is 0.529.